The standard InChI is InChI=1S/C21H23FN2O5/c1-27-17-6-7-18(19(22)12-17)21(26)29-14-20(25)23-16-4-2-15(3-5-16)13-24-8-10-28-11-9-24/h2-7,12H,8-11,13-14H2,1H3,(H,23,25). The summed E-state index contributed by atoms with van der Waals surface area (Å²) in [5, 5.41) is 2.65. The van der Waals surface area contributed by atoms with Gasteiger partial charge in [0.05, 0.1) is 25.9 Å². The Morgan fingerprint density at radius 1 is 1.14 bits per heavy atom. The number of hydrogen-bond acceptors (Lipinski definition) is 6. The normalized spacial score (nSPS) is 14.3. The molecule has 0 spiro atoms. The Balaban J connectivity index is 1.47. The summed E-state index contributed by atoms with van der Waals surface area (Å²) in [6.07, 6.45) is 0. The van der Waals surface area contributed by atoms with Gasteiger partial charge in [0.2, 0.25) is 0 Å². The number of morpholine rings is 1. The summed E-state index contributed by atoms with van der Waals surface area (Å²) < 4.78 is 29.0. The maximum Gasteiger partial charge on any atom is 0.341 e. The molecule has 1 aliphatic heterocycles. The molecule has 1 heterocycles. The van der Waals surface area contributed by atoms with Crippen molar-refractivity contribution in [2.24, 2.45) is 0 Å². The summed E-state index contributed by atoms with van der Waals surface area (Å²) in [5.41, 5.74) is 1.46. The zero-order valence-corrected chi connectivity index (χ0v) is 16.2. The lowest BCUT2D eigenvalue weighted by atomic mass is 10.2. The Morgan fingerprint density at radius 3 is 2.52 bits per heavy atom. The molecular formula is C21H23FN2O5. The lowest BCUT2D eigenvalue weighted by Crippen LogP contribution is -2.35. The Morgan fingerprint density at radius 2 is 1.86 bits per heavy atom. The van der Waals surface area contributed by atoms with Crippen LogP contribution in [0.15, 0.2) is 42.5 Å². The third kappa shape index (κ3) is 6.00. The number of benzene rings is 2. The second kappa shape index (κ2) is 9.99. The van der Waals surface area contributed by atoms with Crippen LogP contribution >= 0.6 is 0 Å². The minimum absolute atomic E-state index is 0.258. The number of rotatable bonds is 7. The maximum atomic E-state index is 13.9. The lowest BCUT2D eigenvalue weighted by Gasteiger charge is -2.26. The molecular weight excluding hydrogens is 379 g/mol. The van der Waals surface area contributed by atoms with Gasteiger partial charge in [0.25, 0.3) is 5.91 Å². The van der Waals surface area contributed by atoms with E-state index >= 15 is 0 Å². The highest BCUT2D eigenvalue weighted by Crippen LogP contribution is 2.17. The summed E-state index contributed by atoms with van der Waals surface area (Å²) >= 11 is 0. The summed E-state index contributed by atoms with van der Waals surface area (Å²) in [7, 11) is 1.40. The Labute approximate surface area is 168 Å². The van der Waals surface area contributed by atoms with E-state index in [-0.39, 0.29) is 11.3 Å². The van der Waals surface area contributed by atoms with E-state index in [0.717, 1.165) is 44.5 Å². The first-order chi connectivity index (χ1) is 14.0. The molecule has 154 valence electrons. The van der Waals surface area contributed by atoms with E-state index in [9.17, 15) is 14.0 Å². The predicted molar refractivity (Wildman–Crippen MR) is 104 cm³/mol. The van der Waals surface area contributed by atoms with Crippen LogP contribution in [0.2, 0.25) is 0 Å². The number of esters is 1. The zero-order valence-electron chi connectivity index (χ0n) is 16.2. The molecule has 0 aliphatic carbocycles. The topological polar surface area (TPSA) is 77.1 Å². The first kappa shape index (κ1) is 20.8. The largest absolute Gasteiger partial charge is 0.497 e. The molecule has 2 aromatic rings. The van der Waals surface area contributed by atoms with E-state index < -0.39 is 24.3 Å². The number of amides is 1. The van der Waals surface area contributed by atoms with Crippen LogP contribution in [0.25, 0.3) is 0 Å². The van der Waals surface area contributed by atoms with E-state index in [1.54, 1.807) is 12.1 Å². The van der Waals surface area contributed by atoms with E-state index in [1.165, 1.54) is 19.2 Å². The highest BCUT2D eigenvalue weighted by molar-refractivity contribution is 5.95. The van der Waals surface area contributed by atoms with E-state index in [4.69, 9.17) is 14.2 Å². The number of anilines is 1. The number of carbonyl (C=O) groups excluding carboxylic acids is 2. The molecule has 0 radical (unpaired) electrons. The van der Waals surface area contributed by atoms with Gasteiger partial charge in [-0.1, -0.05) is 12.1 Å². The van der Waals surface area contributed by atoms with Crippen molar-refractivity contribution in [3.05, 3.63) is 59.4 Å². The van der Waals surface area contributed by atoms with Crippen LogP contribution in [0.5, 0.6) is 5.75 Å². The minimum Gasteiger partial charge on any atom is -0.497 e. The van der Waals surface area contributed by atoms with Crippen LogP contribution < -0.4 is 10.1 Å². The number of nitrogens with zero attached hydrogens (tertiary/aromatic N) is 1. The number of carbonyl (C=O) groups is 2. The van der Waals surface area contributed by atoms with Crippen LogP contribution in [-0.4, -0.2) is 56.8 Å². The second-order valence-corrected chi connectivity index (χ2v) is 6.56. The van der Waals surface area contributed by atoms with Gasteiger partial charge in [-0.15, -0.1) is 0 Å². The van der Waals surface area contributed by atoms with Crippen LogP contribution in [0.1, 0.15) is 15.9 Å². The monoisotopic (exact) mass is 402 g/mol. The fraction of sp³-hybridized carbons (Fsp3) is 0.333. The summed E-state index contributed by atoms with van der Waals surface area (Å²) in [6.45, 7) is 3.60. The lowest BCUT2D eigenvalue weighted by molar-refractivity contribution is -0.119. The quantitative estimate of drug-likeness (QED) is 0.717. The average Bonchev–Trinajstić information content (AvgIpc) is 2.74. The molecule has 1 N–H and O–H groups in total. The summed E-state index contributed by atoms with van der Waals surface area (Å²) in [5.74, 6) is -1.91. The van der Waals surface area contributed by atoms with Gasteiger partial charge in [-0.2, -0.15) is 0 Å². The van der Waals surface area contributed by atoms with Crippen molar-refractivity contribution in [3.63, 3.8) is 0 Å². The molecule has 0 aromatic heterocycles. The van der Waals surface area contributed by atoms with Crippen molar-refractivity contribution < 1.29 is 28.2 Å². The minimum atomic E-state index is -0.916. The fourth-order valence-electron chi connectivity index (χ4n) is 2.91. The van der Waals surface area contributed by atoms with Gasteiger partial charge >= 0.3 is 5.97 Å². The molecule has 0 saturated carbocycles. The zero-order chi connectivity index (χ0) is 20.6. The van der Waals surface area contributed by atoms with E-state index in [1.807, 2.05) is 12.1 Å². The van der Waals surface area contributed by atoms with Crippen LogP contribution in [0.4, 0.5) is 10.1 Å². The number of ether oxygens (including phenoxy) is 3. The van der Waals surface area contributed by atoms with Gasteiger partial charge in [-0.3, -0.25) is 9.69 Å². The molecule has 1 fully saturated rings. The molecule has 1 amide bonds. The molecule has 1 saturated heterocycles. The van der Waals surface area contributed by atoms with Gasteiger partial charge in [0, 0.05) is 31.4 Å². The van der Waals surface area contributed by atoms with Gasteiger partial charge in [-0.25, -0.2) is 9.18 Å². The SMILES string of the molecule is COc1ccc(C(=O)OCC(=O)Nc2ccc(CN3CCOCC3)cc2)c(F)c1. The predicted octanol–water partition coefficient (Wildman–Crippen LogP) is 2.46. The van der Waals surface area contributed by atoms with Crippen molar-refractivity contribution in [1.29, 1.82) is 0 Å². The van der Waals surface area contributed by atoms with Crippen LogP contribution in [-0.2, 0) is 20.8 Å². The van der Waals surface area contributed by atoms with Gasteiger partial charge in [-0.05, 0) is 29.8 Å². The molecule has 1 aliphatic rings. The first-order valence-electron chi connectivity index (χ1n) is 9.24. The third-order valence-electron chi connectivity index (χ3n) is 4.48. The third-order valence-corrected chi connectivity index (χ3v) is 4.48. The molecule has 3 rings (SSSR count). The van der Waals surface area contributed by atoms with Crippen molar-refractivity contribution in [3.8, 4) is 5.75 Å². The highest BCUT2D eigenvalue weighted by Gasteiger charge is 2.16. The molecule has 0 atom stereocenters. The maximum absolute atomic E-state index is 13.9. The number of halogens is 1. The second-order valence-electron chi connectivity index (χ2n) is 6.56. The van der Waals surface area contributed by atoms with Crippen LogP contribution in [0.3, 0.4) is 0 Å². The van der Waals surface area contributed by atoms with Crippen molar-refractivity contribution >= 4 is 17.6 Å². The molecule has 0 bridgehead atoms. The van der Waals surface area contributed by atoms with Crippen molar-refractivity contribution in [2.45, 2.75) is 6.54 Å². The summed E-state index contributed by atoms with van der Waals surface area (Å²) in [4.78, 5) is 26.3. The van der Waals surface area contributed by atoms with Gasteiger partial charge in [0.1, 0.15) is 11.6 Å². The molecule has 29 heavy (non-hydrogen) atoms. The molecule has 2 aromatic carbocycles. The van der Waals surface area contributed by atoms with E-state index in [2.05, 4.69) is 10.2 Å². The number of hydrogen-bond donors (Lipinski definition) is 1. The van der Waals surface area contributed by atoms with Crippen molar-refractivity contribution in [2.75, 3.05) is 45.3 Å². The molecule has 0 unspecified atom stereocenters. The fourth-order valence-corrected chi connectivity index (χ4v) is 2.91. The smallest absolute Gasteiger partial charge is 0.341 e. The van der Waals surface area contributed by atoms with E-state index in [0.29, 0.717) is 5.69 Å². The van der Waals surface area contributed by atoms with Crippen molar-refractivity contribution in [1.82, 2.24) is 4.90 Å². The first-order valence-corrected chi connectivity index (χ1v) is 9.24. The van der Waals surface area contributed by atoms with Gasteiger partial charge < -0.3 is 19.5 Å². The molecule has 8 heteroatoms. The van der Waals surface area contributed by atoms with Crippen LogP contribution in [0, 0.1) is 5.82 Å². The Bertz CT molecular complexity index is 851. The Kier molecular flexibility index (Phi) is 7.15. The Hall–Kier alpha value is -2.97. The highest BCUT2D eigenvalue weighted by atomic mass is 19.1. The summed E-state index contributed by atoms with van der Waals surface area (Å²) in [6, 6.07) is 11.2. The number of nitrogens with one attached hydrogen (secondary N) is 1. The molecule has 7 nitrogen and oxygen atoms in total. The van der Waals surface area contributed by atoms with Gasteiger partial charge in [0.15, 0.2) is 6.61 Å². The number of methoxy groups -OCH3 is 1. The average molecular weight is 402 g/mol.